The van der Waals surface area contributed by atoms with Gasteiger partial charge in [0.1, 0.15) is 17.7 Å². The number of benzene rings is 2. The van der Waals surface area contributed by atoms with Crippen LogP contribution in [0.3, 0.4) is 0 Å². The molecule has 2 aromatic rings. The third kappa shape index (κ3) is 9.16. The molecule has 2 aromatic carbocycles. The van der Waals surface area contributed by atoms with E-state index < -0.39 is 23.8 Å². The van der Waals surface area contributed by atoms with Gasteiger partial charge in [-0.15, -0.1) is 12.4 Å². The molecule has 1 aliphatic heterocycles. The largest absolute Gasteiger partial charge is 0.390 e. The highest BCUT2D eigenvalue weighted by Gasteiger charge is 2.41. The Balaban J connectivity index is 0.00000560. The van der Waals surface area contributed by atoms with Gasteiger partial charge in [0, 0.05) is 33.2 Å². The zero-order chi connectivity index (χ0) is 28.6. The number of carbonyl (C=O) groups is 3. The van der Waals surface area contributed by atoms with Crippen LogP contribution >= 0.6 is 12.4 Å². The Labute approximate surface area is 243 Å². The fourth-order valence-corrected chi connectivity index (χ4v) is 4.75. The van der Waals surface area contributed by atoms with E-state index in [2.05, 4.69) is 29.8 Å². The lowest BCUT2D eigenvalue weighted by Crippen LogP contribution is -2.57. The molecule has 1 aliphatic rings. The van der Waals surface area contributed by atoms with E-state index >= 15 is 0 Å². The van der Waals surface area contributed by atoms with Gasteiger partial charge in [0.15, 0.2) is 0 Å². The maximum atomic E-state index is 13.5. The Morgan fingerprint density at radius 3 is 2.45 bits per heavy atom. The highest BCUT2D eigenvalue weighted by atomic mass is 35.5. The molecule has 0 aromatic heterocycles. The average Bonchev–Trinajstić information content (AvgIpc) is 3.40. The minimum Gasteiger partial charge on any atom is -0.390 e. The topological polar surface area (TPSA) is 120 Å². The highest BCUT2D eigenvalue weighted by Crippen LogP contribution is 2.23. The molecule has 3 atom stereocenters. The molecule has 10 heteroatoms. The third-order valence-electron chi connectivity index (χ3n) is 7.17. The lowest BCUT2D eigenvalue weighted by atomic mass is 10.0. The number of methoxy groups -OCH3 is 1. The van der Waals surface area contributed by atoms with E-state index in [0.717, 1.165) is 22.9 Å². The summed E-state index contributed by atoms with van der Waals surface area (Å²) in [4.78, 5) is 41.4. The number of hydrogen-bond acceptors (Lipinski definition) is 6. The van der Waals surface area contributed by atoms with Crippen molar-refractivity contribution in [2.75, 3.05) is 33.3 Å². The van der Waals surface area contributed by atoms with Gasteiger partial charge in [-0.25, -0.2) is 0 Å². The summed E-state index contributed by atoms with van der Waals surface area (Å²) in [5, 5.41) is 21.3. The molecule has 9 nitrogen and oxygen atoms in total. The van der Waals surface area contributed by atoms with Gasteiger partial charge in [0.25, 0.3) is 5.91 Å². The molecule has 4 N–H and O–H groups in total. The first-order valence-electron chi connectivity index (χ1n) is 13.8. The lowest BCUT2D eigenvalue weighted by Gasteiger charge is -2.32. The average molecular weight is 577 g/mol. The first-order chi connectivity index (χ1) is 18.5. The number of nitrogens with zero attached hydrogens (tertiary/aromatic N) is 1. The van der Waals surface area contributed by atoms with Crippen LogP contribution in [0.25, 0.3) is 10.8 Å². The van der Waals surface area contributed by atoms with Crippen molar-refractivity contribution in [3.8, 4) is 0 Å². The summed E-state index contributed by atoms with van der Waals surface area (Å²) in [7, 11) is 1.47. The van der Waals surface area contributed by atoms with Crippen molar-refractivity contribution in [1.82, 2.24) is 20.9 Å². The first-order valence-corrected chi connectivity index (χ1v) is 13.8. The van der Waals surface area contributed by atoms with Crippen LogP contribution in [0.1, 0.15) is 46.1 Å². The molecule has 40 heavy (non-hydrogen) atoms. The molecule has 0 radical (unpaired) electrons. The molecule has 2 unspecified atom stereocenters. The second-order valence-corrected chi connectivity index (χ2v) is 11.3. The molecular weight excluding hydrogens is 532 g/mol. The van der Waals surface area contributed by atoms with Crippen LogP contribution in [0.4, 0.5) is 0 Å². The first kappa shape index (κ1) is 33.5. The Bertz CT molecular complexity index is 1140. The van der Waals surface area contributed by atoms with E-state index in [1.165, 1.54) is 7.11 Å². The second-order valence-electron chi connectivity index (χ2n) is 11.3. The third-order valence-corrected chi connectivity index (χ3v) is 7.17. The summed E-state index contributed by atoms with van der Waals surface area (Å²) in [6.07, 6.45) is 0.723. The van der Waals surface area contributed by atoms with Crippen molar-refractivity contribution < 1.29 is 24.2 Å². The van der Waals surface area contributed by atoms with E-state index in [1.807, 2.05) is 42.5 Å². The second kappa shape index (κ2) is 15.3. The maximum absolute atomic E-state index is 13.5. The Morgan fingerprint density at radius 2 is 1.77 bits per heavy atom. The van der Waals surface area contributed by atoms with Crippen molar-refractivity contribution in [1.29, 1.82) is 0 Å². The normalized spacial score (nSPS) is 16.9. The fraction of sp³-hybridized carbons (Fsp3) is 0.567. The van der Waals surface area contributed by atoms with Gasteiger partial charge in [0.2, 0.25) is 11.8 Å². The molecule has 1 fully saturated rings. The SMILES string of the molecule is COC(C)(C)C(=O)N1CCCC1C(=O)N[C@H](Cc1ccc2ccccc2c1)C(=O)NCC(O)CNCC(C)C.Cl. The van der Waals surface area contributed by atoms with Crippen LogP contribution in [0, 0.1) is 5.92 Å². The number of carbonyl (C=O) groups excluding carboxylic acids is 3. The minimum absolute atomic E-state index is 0. The van der Waals surface area contributed by atoms with Gasteiger partial charge >= 0.3 is 0 Å². The molecule has 222 valence electrons. The Hall–Kier alpha value is -2.72. The van der Waals surface area contributed by atoms with Gasteiger partial charge in [-0.2, -0.15) is 0 Å². The van der Waals surface area contributed by atoms with Gasteiger partial charge in [-0.1, -0.05) is 56.3 Å². The predicted octanol–water partition coefficient (Wildman–Crippen LogP) is 2.43. The van der Waals surface area contributed by atoms with Crippen molar-refractivity contribution >= 4 is 40.9 Å². The van der Waals surface area contributed by atoms with E-state index in [0.29, 0.717) is 31.8 Å². The number of amides is 3. The van der Waals surface area contributed by atoms with Gasteiger partial charge in [-0.05, 0) is 55.5 Å². The number of aliphatic hydroxyl groups excluding tert-OH is 1. The van der Waals surface area contributed by atoms with Crippen LogP contribution in [-0.4, -0.2) is 84.8 Å². The number of rotatable bonds is 13. The van der Waals surface area contributed by atoms with E-state index in [1.54, 1.807) is 18.7 Å². The predicted molar refractivity (Wildman–Crippen MR) is 159 cm³/mol. The molecule has 1 saturated heterocycles. The van der Waals surface area contributed by atoms with Crippen molar-refractivity contribution in [3.05, 3.63) is 48.0 Å². The van der Waals surface area contributed by atoms with E-state index in [-0.39, 0.29) is 43.1 Å². The van der Waals surface area contributed by atoms with Crippen molar-refractivity contribution in [2.45, 2.75) is 70.7 Å². The highest BCUT2D eigenvalue weighted by molar-refractivity contribution is 5.94. The molecule has 0 bridgehead atoms. The van der Waals surface area contributed by atoms with Crippen LogP contribution in [0.5, 0.6) is 0 Å². The zero-order valence-electron chi connectivity index (χ0n) is 24.2. The quantitative estimate of drug-likeness (QED) is 0.291. The van der Waals surface area contributed by atoms with Crippen LogP contribution in [-0.2, 0) is 25.5 Å². The molecule has 0 aliphatic carbocycles. The monoisotopic (exact) mass is 576 g/mol. The number of likely N-dealkylation sites (tertiary alicyclic amines) is 1. The summed E-state index contributed by atoms with van der Waals surface area (Å²) >= 11 is 0. The number of fused-ring (bicyclic) bond motifs is 1. The van der Waals surface area contributed by atoms with Gasteiger partial charge in [-0.3, -0.25) is 14.4 Å². The van der Waals surface area contributed by atoms with Crippen molar-refractivity contribution in [2.24, 2.45) is 5.92 Å². The van der Waals surface area contributed by atoms with Crippen molar-refractivity contribution in [3.63, 3.8) is 0 Å². The summed E-state index contributed by atoms with van der Waals surface area (Å²) < 4.78 is 5.35. The summed E-state index contributed by atoms with van der Waals surface area (Å²) in [5.74, 6) is -0.555. The van der Waals surface area contributed by atoms with Gasteiger partial charge < -0.3 is 30.7 Å². The zero-order valence-corrected chi connectivity index (χ0v) is 25.1. The number of halogens is 1. The Morgan fingerprint density at radius 1 is 1.07 bits per heavy atom. The number of hydrogen-bond donors (Lipinski definition) is 4. The standard InChI is InChI=1S/C30H44N4O5.ClH/c1-20(2)17-31-18-24(35)19-32-27(36)25(16-21-12-13-22-9-6-7-10-23(22)15-21)33-28(37)26-11-8-14-34(26)29(38)30(3,4)39-5;/h6-7,9-10,12-13,15,20,24-26,31,35H,8,11,14,16-19H2,1-5H3,(H,32,36)(H,33,37);1H/t24?,25-,26?;/m1./s1. The molecule has 3 rings (SSSR count). The lowest BCUT2D eigenvalue weighted by molar-refractivity contribution is -0.154. The molecule has 0 spiro atoms. The summed E-state index contributed by atoms with van der Waals surface area (Å²) in [5.41, 5.74) is -0.155. The number of aliphatic hydroxyl groups is 1. The van der Waals surface area contributed by atoms with E-state index in [9.17, 15) is 19.5 Å². The molecular formula is C30H45ClN4O5. The molecule has 0 saturated carbocycles. The summed E-state index contributed by atoms with van der Waals surface area (Å²) in [6.45, 7) is 9.16. The van der Waals surface area contributed by atoms with E-state index in [4.69, 9.17) is 4.74 Å². The van der Waals surface area contributed by atoms with Crippen LogP contribution in [0.15, 0.2) is 42.5 Å². The maximum Gasteiger partial charge on any atom is 0.254 e. The fourth-order valence-electron chi connectivity index (χ4n) is 4.75. The molecule has 3 amide bonds. The smallest absolute Gasteiger partial charge is 0.254 e. The Kier molecular flexibility index (Phi) is 12.8. The number of ether oxygens (including phenoxy) is 1. The van der Waals surface area contributed by atoms with Crippen LogP contribution < -0.4 is 16.0 Å². The van der Waals surface area contributed by atoms with Crippen LogP contribution in [0.2, 0.25) is 0 Å². The van der Waals surface area contributed by atoms with Gasteiger partial charge in [0.05, 0.1) is 6.10 Å². The minimum atomic E-state index is -1.05. The molecule has 1 heterocycles. The summed E-state index contributed by atoms with van der Waals surface area (Å²) in [6, 6.07) is 12.4. The number of nitrogens with one attached hydrogen (secondary N) is 3.